The molecule has 0 aliphatic carbocycles. The molecule has 1 N–H and O–H groups in total. The predicted octanol–water partition coefficient (Wildman–Crippen LogP) is 2.73. The third kappa shape index (κ3) is 3.25. The summed E-state index contributed by atoms with van der Waals surface area (Å²) in [5, 5.41) is 3.60. The molecule has 0 radical (unpaired) electrons. The van der Waals surface area contributed by atoms with Gasteiger partial charge in [-0.05, 0) is 32.0 Å². The van der Waals surface area contributed by atoms with Gasteiger partial charge in [0.2, 0.25) is 5.91 Å². The molecule has 0 saturated carbocycles. The van der Waals surface area contributed by atoms with Crippen LogP contribution in [0.3, 0.4) is 0 Å². The van der Waals surface area contributed by atoms with Gasteiger partial charge in [0.1, 0.15) is 0 Å². The molecule has 1 aromatic carbocycles. The molecule has 0 spiro atoms. The van der Waals surface area contributed by atoms with Crippen LogP contribution in [0, 0.1) is 0 Å². The van der Waals surface area contributed by atoms with Crippen LogP contribution in [0.4, 0.5) is 0 Å². The molecule has 1 fully saturated rings. The van der Waals surface area contributed by atoms with Gasteiger partial charge in [0, 0.05) is 24.6 Å². The maximum absolute atomic E-state index is 12.1. The lowest BCUT2D eigenvalue weighted by Gasteiger charge is -2.21. The van der Waals surface area contributed by atoms with Gasteiger partial charge in [-0.15, -0.1) is 0 Å². The maximum atomic E-state index is 12.1. The van der Waals surface area contributed by atoms with Gasteiger partial charge >= 0.3 is 0 Å². The summed E-state index contributed by atoms with van der Waals surface area (Å²) in [7, 11) is 0. The van der Waals surface area contributed by atoms with Crippen molar-refractivity contribution in [1.82, 2.24) is 10.2 Å². The minimum absolute atomic E-state index is 0.0689. The highest BCUT2D eigenvalue weighted by atomic mass is 35.5. The fourth-order valence-corrected chi connectivity index (χ4v) is 2.53. The van der Waals surface area contributed by atoms with E-state index in [0.717, 1.165) is 0 Å². The summed E-state index contributed by atoms with van der Waals surface area (Å²) in [6.45, 7) is 4.46. The first-order chi connectivity index (χ1) is 9.38. The molecular formula is C14H16Cl2N2O2. The highest BCUT2D eigenvalue weighted by Gasteiger charge is 2.32. The average Bonchev–Trinajstić information content (AvgIpc) is 2.73. The highest BCUT2D eigenvalue weighted by molar-refractivity contribution is 6.42. The van der Waals surface area contributed by atoms with E-state index in [1.54, 1.807) is 17.0 Å². The number of hydrogen-bond donors (Lipinski definition) is 1. The topological polar surface area (TPSA) is 49.4 Å². The number of hydrogen-bond acceptors (Lipinski definition) is 2. The zero-order valence-corrected chi connectivity index (χ0v) is 12.8. The summed E-state index contributed by atoms with van der Waals surface area (Å²) >= 11 is 11.7. The van der Waals surface area contributed by atoms with Crippen LogP contribution < -0.4 is 5.32 Å². The Kier molecular flexibility index (Phi) is 4.55. The highest BCUT2D eigenvalue weighted by Crippen LogP contribution is 2.23. The second kappa shape index (κ2) is 6.02. The lowest BCUT2D eigenvalue weighted by molar-refractivity contribution is -0.129. The molecule has 1 aliphatic heterocycles. The largest absolute Gasteiger partial charge is 0.347 e. The summed E-state index contributed by atoms with van der Waals surface area (Å²) in [4.78, 5) is 25.6. The van der Waals surface area contributed by atoms with Crippen molar-refractivity contribution in [3.63, 3.8) is 0 Å². The summed E-state index contributed by atoms with van der Waals surface area (Å²) in [6, 6.07) is 4.71. The first-order valence-electron chi connectivity index (χ1n) is 6.44. The number of carbonyl (C=O) groups is 2. The van der Waals surface area contributed by atoms with Crippen LogP contribution in [0.2, 0.25) is 10.0 Å². The molecule has 4 nitrogen and oxygen atoms in total. The molecule has 1 aromatic rings. The molecule has 1 unspecified atom stereocenters. The van der Waals surface area contributed by atoms with Gasteiger partial charge < -0.3 is 10.2 Å². The Hall–Kier alpha value is -1.26. The van der Waals surface area contributed by atoms with E-state index in [4.69, 9.17) is 23.2 Å². The number of likely N-dealkylation sites (tertiary alicyclic amines) is 1. The lowest BCUT2D eigenvalue weighted by Crippen LogP contribution is -2.38. The van der Waals surface area contributed by atoms with E-state index in [9.17, 15) is 9.59 Å². The van der Waals surface area contributed by atoms with Crippen LogP contribution in [0.5, 0.6) is 0 Å². The van der Waals surface area contributed by atoms with Crippen molar-refractivity contribution >= 4 is 35.0 Å². The lowest BCUT2D eigenvalue weighted by atomic mass is 10.2. The van der Waals surface area contributed by atoms with Crippen molar-refractivity contribution in [1.29, 1.82) is 0 Å². The minimum atomic E-state index is -0.244. The predicted molar refractivity (Wildman–Crippen MR) is 79.2 cm³/mol. The summed E-state index contributed by atoms with van der Waals surface area (Å²) in [5.74, 6) is -0.175. The van der Waals surface area contributed by atoms with E-state index < -0.39 is 0 Å². The van der Waals surface area contributed by atoms with Crippen LogP contribution in [0.1, 0.15) is 30.6 Å². The third-order valence-corrected chi connectivity index (χ3v) is 4.04. The zero-order chi connectivity index (χ0) is 14.9. The third-order valence-electron chi connectivity index (χ3n) is 3.30. The molecule has 0 bridgehead atoms. The van der Waals surface area contributed by atoms with Crippen LogP contribution in [0.25, 0.3) is 0 Å². The quantitative estimate of drug-likeness (QED) is 0.932. The molecule has 0 aromatic heterocycles. The molecule has 20 heavy (non-hydrogen) atoms. The van der Waals surface area contributed by atoms with Crippen molar-refractivity contribution in [2.24, 2.45) is 0 Å². The number of nitrogens with one attached hydrogen (secondary N) is 1. The molecular weight excluding hydrogens is 299 g/mol. The SMILES string of the molecule is CC(C)N1CC(NC(=O)c2ccc(Cl)c(Cl)c2)CC1=O. The Morgan fingerprint density at radius 3 is 2.60 bits per heavy atom. The van der Waals surface area contributed by atoms with E-state index in [-0.39, 0.29) is 23.9 Å². The van der Waals surface area contributed by atoms with Crippen molar-refractivity contribution in [3.05, 3.63) is 33.8 Å². The Morgan fingerprint density at radius 1 is 1.35 bits per heavy atom. The van der Waals surface area contributed by atoms with E-state index in [1.165, 1.54) is 6.07 Å². The first kappa shape index (κ1) is 15.1. The van der Waals surface area contributed by atoms with Crippen LogP contribution in [-0.2, 0) is 4.79 Å². The zero-order valence-electron chi connectivity index (χ0n) is 11.3. The van der Waals surface area contributed by atoms with Crippen molar-refractivity contribution in [2.45, 2.75) is 32.4 Å². The maximum Gasteiger partial charge on any atom is 0.251 e. The standard InChI is InChI=1S/C14H16Cl2N2O2/c1-8(2)18-7-10(6-13(18)19)17-14(20)9-3-4-11(15)12(16)5-9/h3-5,8,10H,6-7H2,1-2H3,(H,17,20). The fraction of sp³-hybridized carbons (Fsp3) is 0.429. The molecule has 1 atom stereocenters. The number of amides is 2. The van der Waals surface area contributed by atoms with Crippen LogP contribution in [0.15, 0.2) is 18.2 Å². The molecule has 1 heterocycles. The van der Waals surface area contributed by atoms with Gasteiger partial charge in [0.25, 0.3) is 5.91 Å². The molecule has 6 heteroatoms. The minimum Gasteiger partial charge on any atom is -0.347 e. The number of halogens is 2. The number of rotatable bonds is 3. The van der Waals surface area contributed by atoms with Gasteiger partial charge in [0.15, 0.2) is 0 Å². The number of carbonyl (C=O) groups excluding carboxylic acids is 2. The molecule has 2 amide bonds. The number of benzene rings is 1. The summed E-state index contributed by atoms with van der Waals surface area (Å²) < 4.78 is 0. The normalized spacial score (nSPS) is 18.8. The molecule has 108 valence electrons. The van der Waals surface area contributed by atoms with E-state index >= 15 is 0 Å². The Morgan fingerprint density at radius 2 is 2.05 bits per heavy atom. The van der Waals surface area contributed by atoms with E-state index in [2.05, 4.69) is 5.32 Å². The molecule has 1 saturated heterocycles. The second-order valence-corrected chi connectivity index (χ2v) is 5.96. The van der Waals surface area contributed by atoms with Crippen molar-refractivity contribution in [3.8, 4) is 0 Å². The Balaban J connectivity index is 2.02. The molecule has 2 rings (SSSR count). The monoisotopic (exact) mass is 314 g/mol. The fourth-order valence-electron chi connectivity index (χ4n) is 2.23. The second-order valence-electron chi connectivity index (χ2n) is 5.14. The van der Waals surface area contributed by atoms with Gasteiger partial charge in [-0.3, -0.25) is 9.59 Å². The van der Waals surface area contributed by atoms with Crippen LogP contribution in [-0.4, -0.2) is 35.3 Å². The van der Waals surface area contributed by atoms with E-state index in [1.807, 2.05) is 13.8 Å². The smallest absolute Gasteiger partial charge is 0.251 e. The average molecular weight is 315 g/mol. The van der Waals surface area contributed by atoms with Gasteiger partial charge in [-0.1, -0.05) is 23.2 Å². The van der Waals surface area contributed by atoms with Gasteiger partial charge in [0.05, 0.1) is 16.1 Å². The Labute approximate surface area is 128 Å². The van der Waals surface area contributed by atoms with Crippen molar-refractivity contribution < 1.29 is 9.59 Å². The number of nitrogens with zero attached hydrogens (tertiary/aromatic N) is 1. The Bertz CT molecular complexity index is 546. The van der Waals surface area contributed by atoms with Gasteiger partial charge in [-0.25, -0.2) is 0 Å². The van der Waals surface area contributed by atoms with E-state index in [0.29, 0.717) is 28.6 Å². The molecule has 1 aliphatic rings. The summed E-state index contributed by atoms with van der Waals surface area (Å²) in [6.07, 6.45) is 0.339. The van der Waals surface area contributed by atoms with Gasteiger partial charge in [-0.2, -0.15) is 0 Å². The first-order valence-corrected chi connectivity index (χ1v) is 7.19. The summed E-state index contributed by atoms with van der Waals surface area (Å²) in [5.41, 5.74) is 0.440. The van der Waals surface area contributed by atoms with Crippen LogP contribution >= 0.6 is 23.2 Å². The van der Waals surface area contributed by atoms with Crippen molar-refractivity contribution in [2.75, 3.05) is 6.54 Å².